The second kappa shape index (κ2) is 2.55. The summed E-state index contributed by atoms with van der Waals surface area (Å²) in [6, 6.07) is 4.43. The molecule has 1 atom stereocenters. The SMILES string of the molecule is CC1c2ccc(F)cc2C(=O)N1C. The summed E-state index contributed by atoms with van der Waals surface area (Å²) in [6.07, 6.45) is 0. The zero-order valence-electron chi connectivity index (χ0n) is 7.54. The summed E-state index contributed by atoms with van der Waals surface area (Å²) < 4.78 is 12.8. The highest BCUT2D eigenvalue weighted by Gasteiger charge is 2.30. The van der Waals surface area contributed by atoms with E-state index in [4.69, 9.17) is 0 Å². The van der Waals surface area contributed by atoms with E-state index in [1.165, 1.54) is 12.1 Å². The van der Waals surface area contributed by atoms with E-state index in [-0.39, 0.29) is 17.8 Å². The van der Waals surface area contributed by atoms with Crippen LogP contribution in [0.5, 0.6) is 0 Å². The van der Waals surface area contributed by atoms with Crippen LogP contribution in [-0.4, -0.2) is 17.9 Å². The van der Waals surface area contributed by atoms with Gasteiger partial charge in [0.05, 0.1) is 6.04 Å². The number of hydrogen-bond acceptors (Lipinski definition) is 1. The van der Waals surface area contributed by atoms with E-state index in [0.717, 1.165) is 5.56 Å². The Bertz CT molecular complexity index is 375. The summed E-state index contributed by atoms with van der Waals surface area (Å²) in [5, 5.41) is 0. The van der Waals surface area contributed by atoms with Crippen molar-refractivity contribution < 1.29 is 9.18 Å². The third kappa shape index (κ3) is 1.03. The average molecular weight is 179 g/mol. The number of hydrogen-bond donors (Lipinski definition) is 0. The Balaban J connectivity index is 2.60. The van der Waals surface area contributed by atoms with Gasteiger partial charge < -0.3 is 4.90 Å². The highest BCUT2D eigenvalue weighted by atomic mass is 19.1. The quantitative estimate of drug-likeness (QED) is 0.596. The largest absolute Gasteiger partial charge is 0.335 e. The molecule has 1 aliphatic heterocycles. The first-order valence-electron chi connectivity index (χ1n) is 4.18. The van der Waals surface area contributed by atoms with E-state index in [1.54, 1.807) is 18.0 Å². The summed E-state index contributed by atoms with van der Waals surface area (Å²) in [4.78, 5) is 13.1. The van der Waals surface area contributed by atoms with Crippen molar-refractivity contribution in [2.24, 2.45) is 0 Å². The monoisotopic (exact) mass is 179 g/mol. The lowest BCUT2D eigenvalue weighted by Gasteiger charge is -2.14. The molecule has 0 saturated heterocycles. The topological polar surface area (TPSA) is 20.3 Å². The van der Waals surface area contributed by atoms with Gasteiger partial charge in [0.2, 0.25) is 0 Å². The highest BCUT2D eigenvalue weighted by molar-refractivity contribution is 5.98. The van der Waals surface area contributed by atoms with Crippen molar-refractivity contribution in [1.82, 2.24) is 4.90 Å². The van der Waals surface area contributed by atoms with Crippen LogP contribution < -0.4 is 0 Å². The maximum absolute atomic E-state index is 12.8. The Labute approximate surface area is 76.0 Å². The fraction of sp³-hybridized carbons (Fsp3) is 0.300. The second-order valence-corrected chi connectivity index (χ2v) is 3.32. The van der Waals surface area contributed by atoms with Gasteiger partial charge in [-0.1, -0.05) is 6.07 Å². The molecule has 1 aromatic rings. The van der Waals surface area contributed by atoms with Gasteiger partial charge in [0, 0.05) is 12.6 Å². The number of fused-ring (bicyclic) bond motifs is 1. The normalized spacial score (nSPS) is 20.7. The zero-order valence-corrected chi connectivity index (χ0v) is 7.54. The van der Waals surface area contributed by atoms with Gasteiger partial charge >= 0.3 is 0 Å². The molecule has 0 aliphatic carbocycles. The molecular weight excluding hydrogens is 169 g/mol. The summed E-state index contributed by atoms with van der Waals surface area (Å²) in [7, 11) is 1.73. The van der Waals surface area contributed by atoms with Crippen LogP contribution in [-0.2, 0) is 0 Å². The van der Waals surface area contributed by atoms with Gasteiger partial charge in [-0.05, 0) is 24.6 Å². The molecule has 3 heteroatoms. The van der Waals surface area contributed by atoms with Gasteiger partial charge in [-0.3, -0.25) is 4.79 Å². The van der Waals surface area contributed by atoms with Gasteiger partial charge in [-0.2, -0.15) is 0 Å². The van der Waals surface area contributed by atoms with E-state index in [1.807, 2.05) is 6.92 Å². The van der Waals surface area contributed by atoms with Crippen LogP contribution in [0.15, 0.2) is 18.2 Å². The van der Waals surface area contributed by atoms with Crippen LogP contribution in [0.4, 0.5) is 4.39 Å². The van der Waals surface area contributed by atoms with E-state index in [2.05, 4.69) is 0 Å². The molecule has 0 aromatic heterocycles. The number of benzene rings is 1. The Hall–Kier alpha value is -1.38. The number of nitrogens with zero attached hydrogens (tertiary/aromatic N) is 1. The van der Waals surface area contributed by atoms with Crippen molar-refractivity contribution in [3.63, 3.8) is 0 Å². The number of carbonyl (C=O) groups excluding carboxylic acids is 1. The first-order valence-corrected chi connectivity index (χ1v) is 4.18. The molecule has 1 unspecified atom stereocenters. The highest BCUT2D eigenvalue weighted by Crippen LogP contribution is 2.31. The van der Waals surface area contributed by atoms with Crippen molar-refractivity contribution in [3.8, 4) is 0 Å². The maximum Gasteiger partial charge on any atom is 0.254 e. The second-order valence-electron chi connectivity index (χ2n) is 3.32. The third-order valence-electron chi connectivity index (χ3n) is 2.60. The predicted octanol–water partition coefficient (Wildman–Crippen LogP) is 1.97. The Morgan fingerprint density at radius 3 is 2.85 bits per heavy atom. The van der Waals surface area contributed by atoms with Crippen LogP contribution in [0.3, 0.4) is 0 Å². The maximum atomic E-state index is 12.8. The third-order valence-corrected chi connectivity index (χ3v) is 2.60. The summed E-state index contributed by atoms with van der Waals surface area (Å²) in [5.74, 6) is -0.448. The van der Waals surface area contributed by atoms with Gasteiger partial charge in [-0.25, -0.2) is 4.39 Å². The van der Waals surface area contributed by atoms with Crippen LogP contribution in [0.2, 0.25) is 0 Å². The molecule has 13 heavy (non-hydrogen) atoms. The Morgan fingerprint density at radius 1 is 1.46 bits per heavy atom. The summed E-state index contributed by atoms with van der Waals surface area (Å²) >= 11 is 0. The molecule has 1 amide bonds. The molecule has 0 N–H and O–H groups in total. The van der Waals surface area contributed by atoms with Gasteiger partial charge in [0.1, 0.15) is 5.82 Å². The molecule has 0 spiro atoms. The molecule has 1 heterocycles. The van der Waals surface area contributed by atoms with Crippen molar-refractivity contribution in [2.45, 2.75) is 13.0 Å². The summed E-state index contributed by atoms with van der Waals surface area (Å²) in [6.45, 7) is 1.93. The minimum Gasteiger partial charge on any atom is -0.335 e. The van der Waals surface area contributed by atoms with Gasteiger partial charge in [-0.15, -0.1) is 0 Å². The van der Waals surface area contributed by atoms with E-state index >= 15 is 0 Å². The standard InChI is InChI=1S/C10H10FNO/c1-6-8-4-3-7(11)5-9(8)10(13)12(6)2/h3-6H,1-2H3. The van der Waals surface area contributed by atoms with Crippen LogP contribution >= 0.6 is 0 Å². The molecular formula is C10H10FNO. The van der Waals surface area contributed by atoms with Crippen molar-refractivity contribution in [3.05, 3.63) is 35.1 Å². The molecule has 1 aromatic carbocycles. The molecule has 0 saturated carbocycles. The van der Waals surface area contributed by atoms with Gasteiger partial charge in [0.25, 0.3) is 5.91 Å². The van der Waals surface area contributed by atoms with Crippen LogP contribution in [0, 0.1) is 5.82 Å². The van der Waals surface area contributed by atoms with Crippen molar-refractivity contribution in [1.29, 1.82) is 0 Å². The average Bonchev–Trinajstić information content (AvgIpc) is 2.32. The van der Waals surface area contributed by atoms with Crippen LogP contribution in [0.1, 0.15) is 28.9 Å². The molecule has 0 radical (unpaired) electrons. The lowest BCUT2D eigenvalue weighted by atomic mass is 10.1. The van der Waals surface area contributed by atoms with Crippen molar-refractivity contribution in [2.75, 3.05) is 7.05 Å². The van der Waals surface area contributed by atoms with E-state index < -0.39 is 0 Å². The van der Waals surface area contributed by atoms with Crippen LogP contribution in [0.25, 0.3) is 0 Å². The molecule has 2 nitrogen and oxygen atoms in total. The molecule has 68 valence electrons. The number of amides is 1. The van der Waals surface area contributed by atoms with E-state index in [0.29, 0.717) is 5.56 Å². The lowest BCUT2D eigenvalue weighted by molar-refractivity contribution is 0.0784. The molecule has 2 rings (SSSR count). The van der Waals surface area contributed by atoms with Gasteiger partial charge in [0.15, 0.2) is 0 Å². The molecule has 0 fully saturated rings. The first-order chi connectivity index (χ1) is 6.11. The number of carbonyl (C=O) groups is 1. The molecule has 1 aliphatic rings. The number of halogens is 1. The number of rotatable bonds is 0. The lowest BCUT2D eigenvalue weighted by Crippen LogP contribution is -2.20. The van der Waals surface area contributed by atoms with E-state index in [9.17, 15) is 9.18 Å². The van der Waals surface area contributed by atoms with Crippen molar-refractivity contribution >= 4 is 5.91 Å². The minimum atomic E-state index is -0.352. The Morgan fingerprint density at radius 2 is 2.15 bits per heavy atom. The zero-order chi connectivity index (χ0) is 9.59. The predicted molar refractivity (Wildman–Crippen MR) is 46.9 cm³/mol. The Kier molecular flexibility index (Phi) is 1.62. The summed E-state index contributed by atoms with van der Waals surface area (Å²) in [5.41, 5.74) is 1.41. The fourth-order valence-electron chi connectivity index (χ4n) is 1.65. The molecule has 0 bridgehead atoms. The fourth-order valence-corrected chi connectivity index (χ4v) is 1.65. The minimum absolute atomic E-state index is 0.0584. The first kappa shape index (κ1) is 8.23. The smallest absolute Gasteiger partial charge is 0.254 e.